The summed E-state index contributed by atoms with van der Waals surface area (Å²) in [5.74, 6) is 1.52. The van der Waals surface area contributed by atoms with Crippen LogP contribution in [0.15, 0.2) is 24.3 Å². The predicted octanol–water partition coefficient (Wildman–Crippen LogP) is 1.53. The van der Waals surface area contributed by atoms with Gasteiger partial charge >= 0.3 is 0 Å². The quantitative estimate of drug-likeness (QED) is 0.927. The first-order valence-corrected chi connectivity index (χ1v) is 7.16. The lowest BCUT2D eigenvalue weighted by atomic mass is 10.1. The molecule has 0 radical (unpaired) electrons. The van der Waals surface area contributed by atoms with Gasteiger partial charge in [-0.3, -0.25) is 0 Å². The molecule has 0 bridgehead atoms. The number of nitrogens with two attached hydrogens (primary N) is 1. The summed E-state index contributed by atoms with van der Waals surface area (Å²) < 4.78 is 5.33. The van der Waals surface area contributed by atoms with Gasteiger partial charge in [-0.15, -0.1) is 0 Å². The maximum atomic E-state index is 5.89. The van der Waals surface area contributed by atoms with Crippen molar-refractivity contribution in [3.05, 3.63) is 40.7 Å². The lowest BCUT2D eigenvalue weighted by Crippen LogP contribution is -2.37. The Morgan fingerprint density at radius 2 is 1.81 bits per heavy atom. The van der Waals surface area contributed by atoms with Crippen LogP contribution in [0.2, 0.25) is 5.02 Å². The van der Waals surface area contributed by atoms with E-state index < -0.39 is 0 Å². The van der Waals surface area contributed by atoms with Crippen molar-refractivity contribution in [2.75, 3.05) is 36.9 Å². The Balaban J connectivity index is 1.81. The molecule has 0 saturated carbocycles. The normalized spacial score (nSPS) is 15.2. The fraction of sp³-hybridized carbons (Fsp3) is 0.357. The Kier molecular flexibility index (Phi) is 4.17. The Morgan fingerprint density at radius 1 is 1.10 bits per heavy atom. The lowest BCUT2D eigenvalue weighted by Gasteiger charge is -2.26. The van der Waals surface area contributed by atoms with Gasteiger partial charge in [0, 0.05) is 24.5 Å². The molecule has 2 heterocycles. The van der Waals surface area contributed by atoms with Gasteiger partial charge in [0.05, 0.1) is 13.2 Å². The number of hydrogen-bond acceptors (Lipinski definition) is 6. The van der Waals surface area contributed by atoms with Crippen molar-refractivity contribution >= 4 is 23.5 Å². The van der Waals surface area contributed by atoms with Gasteiger partial charge in [-0.2, -0.15) is 15.0 Å². The second-order valence-electron chi connectivity index (χ2n) is 4.81. The highest BCUT2D eigenvalue weighted by Crippen LogP contribution is 2.15. The molecule has 0 amide bonds. The van der Waals surface area contributed by atoms with Crippen LogP contribution in [-0.2, 0) is 11.2 Å². The molecule has 1 aliphatic rings. The smallest absolute Gasteiger partial charge is 0.230 e. The number of anilines is 2. The number of hydrogen-bond donors (Lipinski definition) is 1. The largest absolute Gasteiger partial charge is 0.378 e. The number of aromatic nitrogens is 3. The first-order valence-electron chi connectivity index (χ1n) is 6.78. The van der Waals surface area contributed by atoms with Crippen LogP contribution in [0.3, 0.4) is 0 Å². The van der Waals surface area contributed by atoms with E-state index >= 15 is 0 Å². The van der Waals surface area contributed by atoms with Gasteiger partial charge in [0.25, 0.3) is 0 Å². The summed E-state index contributed by atoms with van der Waals surface area (Å²) in [6, 6.07) is 7.61. The topological polar surface area (TPSA) is 77.2 Å². The fourth-order valence-corrected chi connectivity index (χ4v) is 2.32. The van der Waals surface area contributed by atoms with Gasteiger partial charge in [0.15, 0.2) is 0 Å². The van der Waals surface area contributed by atoms with Gasteiger partial charge < -0.3 is 15.4 Å². The number of nitrogens with zero attached hydrogens (tertiary/aromatic N) is 4. The number of rotatable bonds is 3. The minimum Gasteiger partial charge on any atom is -0.378 e. The van der Waals surface area contributed by atoms with Crippen molar-refractivity contribution in [1.29, 1.82) is 0 Å². The molecule has 6 nitrogen and oxygen atoms in total. The van der Waals surface area contributed by atoms with Crippen molar-refractivity contribution in [2.24, 2.45) is 0 Å². The number of halogens is 1. The van der Waals surface area contributed by atoms with Crippen LogP contribution in [0, 0.1) is 0 Å². The van der Waals surface area contributed by atoms with Gasteiger partial charge in [-0.05, 0) is 17.7 Å². The summed E-state index contributed by atoms with van der Waals surface area (Å²) in [7, 11) is 0. The van der Waals surface area contributed by atoms with E-state index in [1.54, 1.807) is 0 Å². The summed E-state index contributed by atoms with van der Waals surface area (Å²) in [6.07, 6.45) is 0.598. The van der Waals surface area contributed by atoms with Crippen molar-refractivity contribution in [3.63, 3.8) is 0 Å². The van der Waals surface area contributed by atoms with Crippen LogP contribution in [0.1, 0.15) is 11.4 Å². The highest BCUT2D eigenvalue weighted by Gasteiger charge is 2.15. The highest BCUT2D eigenvalue weighted by molar-refractivity contribution is 6.30. The zero-order chi connectivity index (χ0) is 14.7. The molecule has 7 heteroatoms. The second kappa shape index (κ2) is 6.24. The number of ether oxygens (including phenoxy) is 1. The zero-order valence-corrected chi connectivity index (χ0v) is 12.3. The molecule has 0 atom stereocenters. The van der Waals surface area contributed by atoms with Crippen molar-refractivity contribution in [1.82, 2.24) is 15.0 Å². The maximum Gasteiger partial charge on any atom is 0.230 e. The Hall–Kier alpha value is -1.92. The maximum absolute atomic E-state index is 5.89. The van der Waals surface area contributed by atoms with Crippen molar-refractivity contribution in [2.45, 2.75) is 6.42 Å². The number of nitrogen functional groups attached to an aromatic ring is 1. The van der Waals surface area contributed by atoms with Crippen molar-refractivity contribution < 1.29 is 4.74 Å². The third-order valence-corrected chi connectivity index (χ3v) is 3.51. The van der Waals surface area contributed by atoms with Gasteiger partial charge in [-0.25, -0.2) is 0 Å². The van der Waals surface area contributed by atoms with E-state index in [1.165, 1.54) is 0 Å². The Morgan fingerprint density at radius 3 is 2.52 bits per heavy atom. The highest BCUT2D eigenvalue weighted by atomic mass is 35.5. The molecule has 0 spiro atoms. The molecule has 21 heavy (non-hydrogen) atoms. The van der Waals surface area contributed by atoms with E-state index in [-0.39, 0.29) is 5.95 Å². The third-order valence-electron chi connectivity index (χ3n) is 3.26. The van der Waals surface area contributed by atoms with Crippen molar-refractivity contribution in [3.8, 4) is 0 Å². The fourth-order valence-electron chi connectivity index (χ4n) is 2.19. The zero-order valence-electron chi connectivity index (χ0n) is 11.5. The van der Waals surface area contributed by atoms with E-state index in [9.17, 15) is 0 Å². The Labute approximate surface area is 127 Å². The van der Waals surface area contributed by atoms with Crippen LogP contribution in [0.25, 0.3) is 0 Å². The summed E-state index contributed by atoms with van der Waals surface area (Å²) >= 11 is 5.89. The van der Waals surface area contributed by atoms with E-state index in [4.69, 9.17) is 22.1 Å². The molecule has 1 fully saturated rings. The minimum atomic E-state index is 0.246. The molecule has 1 aromatic carbocycles. The molecule has 0 unspecified atom stereocenters. The SMILES string of the molecule is Nc1nc(Cc2ccc(Cl)cc2)nc(N2CCOCC2)n1. The summed E-state index contributed by atoms with van der Waals surface area (Å²) in [4.78, 5) is 15.0. The van der Waals surface area contributed by atoms with Crippen LogP contribution in [-0.4, -0.2) is 41.3 Å². The second-order valence-corrected chi connectivity index (χ2v) is 5.25. The molecule has 2 N–H and O–H groups in total. The first-order chi connectivity index (χ1) is 10.2. The predicted molar refractivity (Wildman–Crippen MR) is 81.5 cm³/mol. The van der Waals surface area contributed by atoms with Crippen LogP contribution in [0.4, 0.5) is 11.9 Å². The first kappa shape index (κ1) is 14.0. The summed E-state index contributed by atoms with van der Waals surface area (Å²) in [6.45, 7) is 2.89. The van der Waals surface area contributed by atoms with Gasteiger partial charge in [0.2, 0.25) is 11.9 Å². The molecule has 110 valence electrons. The Bertz CT molecular complexity index is 613. The van der Waals surface area contributed by atoms with Gasteiger partial charge in [-0.1, -0.05) is 23.7 Å². The third kappa shape index (κ3) is 3.59. The molecule has 0 aliphatic carbocycles. The minimum absolute atomic E-state index is 0.246. The van der Waals surface area contributed by atoms with Gasteiger partial charge in [0.1, 0.15) is 5.82 Å². The van der Waals surface area contributed by atoms with E-state index in [2.05, 4.69) is 19.9 Å². The molecule has 2 aromatic rings. The average Bonchev–Trinajstić information content (AvgIpc) is 2.50. The van der Waals surface area contributed by atoms with E-state index in [0.29, 0.717) is 36.4 Å². The summed E-state index contributed by atoms with van der Waals surface area (Å²) in [5.41, 5.74) is 6.88. The molecule has 3 rings (SSSR count). The number of morpholine rings is 1. The average molecular weight is 306 g/mol. The number of benzene rings is 1. The monoisotopic (exact) mass is 305 g/mol. The molecule has 1 aliphatic heterocycles. The standard InChI is InChI=1S/C14H16ClN5O/c15-11-3-1-10(2-4-11)9-12-17-13(16)19-14(18-12)20-5-7-21-8-6-20/h1-4H,5-9H2,(H2,16,17,18,19). The molecule has 1 aromatic heterocycles. The van der Waals surface area contributed by atoms with Crippen LogP contribution < -0.4 is 10.6 Å². The lowest BCUT2D eigenvalue weighted by molar-refractivity contribution is 0.122. The molecule has 1 saturated heterocycles. The van der Waals surface area contributed by atoms with Crippen LogP contribution >= 0.6 is 11.6 Å². The van der Waals surface area contributed by atoms with E-state index in [1.807, 2.05) is 24.3 Å². The summed E-state index contributed by atoms with van der Waals surface area (Å²) in [5, 5.41) is 0.711. The van der Waals surface area contributed by atoms with E-state index in [0.717, 1.165) is 18.7 Å². The van der Waals surface area contributed by atoms with Crippen LogP contribution in [0.5, 0.6) is 0 Å². The molecular formula is C14H16ClN5O. The molecular weight excluding hydrogens is 290 g/mol.